The van der Waals surface area contributed by atoms with Gasteiger partial charge in [0, 0.05) is 17.2 Å². The average molecular weight is 408 g/mol. The van der Waals surface area contributed by atoms with Gasteiger partial charge in [-0.2, -0.15) is 5.26 Å². The molecule has 2 aromatic rings. The number of allylic oxidation sites excluding steroid dienone is 1. The third-order valence-corrected chi connectivity index (χ3v) is 4.61. The van der Waals surface area contributed by atoms with Crippen LogP contribution in [0.2, 0.25) is 0 Å². The first-order chi connectivity index (χ1) is 14.2. The number of nitriles is 1. The van der Waals surface area contributed by atoms with Crippen molar-refractivity contribution in [3.8, 4) is 11.8 Å². The maximum Gasteiger partial charge on any atom is 0.412 e. The van der Waals surface area contributed by atoms with E-state index in [0.29, 0.717) is 29.7 Å². The number of phenols is 1. The monoisotopic (exact) mass is 408 g/mol. The van der Waals surface area contributed by atoms with Crippen molar-refractivity contribution in [2.75, 3.05) is 5.32 Å². The zero-order valence-electron chi connectivity index (χ0n) is 16.8. The van der Waals surface area contributed by atoms with E-state index in [0.717, 1.165) is 6.08 Å². The predicted molar refractivity (Wildman–Crippen MR) is 112 cm³/mol. The molecule has 0 radical (unpaired) electrons. The highest BCUT2D eigenvalue weighted by Crippen LogP contribution is 2.41. The van der Waals surface area contributed by atoms with Crippen molar-refractivity contribution >= 4 is 17.7 Å². The molecule has 156 valence electrons. The highest BCUT2D eigenvalue weighted by Gasteiger charge is 2.33. The van der Waals surface area contributed by atoms with Gasteiger partial charge in [0.1, 0.15) is 11.9 Å². The van der Waals surface area contributed by atoms with E-state index in [9.17, 15) is 14.7 Å². The number of aromatic hydroxyl groups is 1. The molecule has 0 saturated carbocycles. The summed E-state index contributed by atoms with van der Waals surface area (Å²) in [6, 6.07) is 14.8. The van der Waals surface area contributed by atoms with Crippen LogP contribution in [-0.4, -0.2) is 22.3 Å². The highest BCUT2D eigenvalue weighted by atomic mass is 16.6. The maximum atomic E-state index is 12.5. The fourth-order valence-corrected chi connectivity index (χ4v) is 2.98. The first-order valence-corrected chi connectivity index (χ1v) is 9.37. The molecule has 0 aliphatic rings. The second kappa shape index (κ2) is 10.1. The molecule has 7 heteroatoms. The molecule has 0 unspecified atom stereocenters. The quantitative estimate of drug-likeness (QED) is 0.529. The Morgan fingerprint density at radius 1 is 1.17 bits per heavy atom. The molecule has 7 nitrogen and oxygen atoms in total. The second-order valence-electron chi connectivity index (χ2n) is 7.46. The zero-order chi connectivity index (χ0) is 22.1. The Kier molecular flexibility index (Phi) is 7.59. The second-order valence-corrected chi connectivity index (χ2v) is 7.46. The van der Waals surface area contributed by atoms with E-state index < -0.39 is 23.6 Å². The summed E-state index contributed by atoms with van der Waals surface area (Å²) in [5.41, 5.74) is 1.15. The van der Waals surface area contributed by atoms with Crippen molar-refractivity contribution in [3.63, 3.8) is 0 Å². The van der Waals surface area contributed by atoms with Crippen molar-refractivity contribution in [1.82, 2.24) is 0 Å². The van der Waals surface area contributed by atoms with Crippen LogP contribution in [0, 0.1) is 16.7 Å². The summed E-state index contributed by atoms with van der Waals surface area (Å²) in [5.74, 6) is -0.914. The Bertz CT molecular complexity index is 941. The van der Waals surface area contributed by atoms with Gasteiger partial charge in [-0.3, -0.25) is 5.32 Å². The molecule has 0 aliphatic carbocycles. The van der Waals surface area contributed by atoms with E-state index in [-0.39, 0.29) is 5.75 Å². The molecular weight excluding hydrogens is 384 g/mol. The summed E-state index contributed by atoms with van der Waals surface area (Å²) in [4.78, 5) is 23.2. The number of hydrogen-bond donors (Lipinski definition) is 3. The Balaban J connectivity index is 2.17. The van der Waals surface area contributed by atoms with Gasteiger partial charge in [-0.15, -0.1) is 0 Å². The van der Waals surface area contributed by atoms with Crippen LogP contribution in [-0.2, 0) is 9.53 Å². The number of phenolic OH excluding ortho intramolecular Hbond substituents is 1. The van der Waals surface area contributed by atoms with Crippen LogP contribution < -0.4 is 5.32 Å². The first-order valence-electron chi connectivity index (χ1n) is 9.37. The number of carboxylic acids is 1. The number of carbonyl (C=O) groups is 2. The van der Waals surface area contributed by atoms with E-state index in [1.165, 1.54) is 12.1 Å². The van der Waals surface area contributed by atoms with Crippen molar-refractivity contribution in [2.45, 2.75) is 32.8 Å². The largest absolute Gasteiger partial charge is 0.508 e. The maximum absolute atomic E-state index is 12.5. The van der Waals surface area contributed by atoms with E-state index in [2.05, 4.69) is 5.32 Å². The number of amides is 1. The minimum absolute atomic E-state index is 0.0988. The van der Waals surface area contributed by atoms with E-state index in [1.54, 1.807) is 42.5 Å². The fraction of sp³-hybridized carbons (Fsp3) is 0.261. The molecular formula is C23H24N2O5. The summed E-state index contributed by atoms with van der Waals surface area (Å²) >= 11 is 0. The molecule has 3 N–H and O–H groups in total. The number of nitrogens with zero attached hydrogens (tertiary/aromatic N) is 1. The highest BCUT2D eigenvalue weighted by molar-refractivity contribution is 5.84. The van der Waals surface area contributed by atoms with Crippen molar-refractivity contribution in [3.05, 3.63) is 71.8 Å². The smallest absolute Gasteiger partial charge is 0.412 e. The van der Waals surface area contributed by atoms with Gasteiger partial charge in [0.05, 0.1) is 11.6 Å². The van der Waals surface area contributed by atoms with Crippen LogP contribution in [0.25, 0.3) is 0 Å². The molecule has 0 bridgehead atoms. The first kappa shape index (κ1) is 22.5. The zero-order valence-corrected chi connectivity index (χ0v) is 16.8. The Labute approximate surface area is 175 Å². The van der Waals surface area contributed by atoms with E-state index in [4.69, 9.17) is 15.1 Å². The van der Waals surface area contributed by atoms with E-state index in [1.807, 2.05) is 19.9 Å². The summed E-state index contributed by atoms with van der Waals surface area (Å²) in [6.45, 7) is 3.85. The summed E-state index contributed by atoms with van der Waals surface area (Å²) < 4.78 is 5.74. The molecule has 1 amide bonds. The van der Waals surface area contributed by atoms with Crippen LogP contribution in [0.3, 0.4) is 0 Å². The van der Waals surface area contributed by atoms with Crippen LogP contribution >= 0.6 is 0 Å². The molecule has 0 fully saturated rings. The van der Waals surface area contributed by atoms with Crippen LogP contribution in [0.5, 0.6) is 5.75 Å². The normalized spacial score (nSPS) is 12.2. The lowest BCUT2D eigenvalue weighted by Gasteiger charge is -2.34. The SMILES string of the molecule is CC(C)(CC/C=C/C(=O)O)[C@@H](OC(=O)Nc1ccc(C#N)cc1)c1ccc(O)cc1. The number of benzene rings is 2. The third kappa shape index (κ3) is 6.67. The Morgan fingerprint density at radius 3 is 2.37 bits per heavy atom. The minimum atomic E-state index is -1.01. The van der Waals surface area contributed by atoms with Crippen LogP contribution in [0.15, 0.2) is 60.7 Å². The van der Waals surface area contributed by atoms with Gasteiger partial charge in [0.15, 0.2) is 0 Å². The van der Waals surface area contributed by atoms with Gasteiger partial charge in [0.2, 0.25) is 0 Å². The average Bonchev–Trinajstić information content (AvgIpc) is 2.70. The van der Waals surface area contributed by atoms with Gasteiger partial charge in [-0.25, -0.2) is 9.59 Å². The van der Waals surface area contributed by atoms with Gasteiger partial charge in [0.25, 0.3) is 0 Å². The molecule has 2 rings (SSSR count). The van der Waals surface area contributed by atoms with Crippen molar-refractivity contribution in [2.24, 2.45) is 5.41 Å². The van der Waals surface area contributed by atoms with Crippen LogP contribution in [0.1, 0.15) is 43.9 Å². The Morgan fingerprint density at radius 2 is 1.80 bits per heavy atom. The molecule has 0 aromatic heterocycles. The molecule has 30 heavy (non-hydrogen) atoms. The van der Waals surface area contributed by atoms with E-state index >= 15 is 0 Å². The third-order valence-electron chi connectivity index (χ3n) is 4.61. The minimum Gasteiger partial charge on any atom is -0.508 e. The number of carboxylic acid groups (broad SMARTS) is 1. The fourth-order valence-electron chi connectivity index (χ4n) is 2.98. The van der Waals surface area contributed by atoms with Crippen molar-refractivity contribution < 1.29 is 24.5 Å². The number of carbonyl (C=O) groups excluding carboxylic acids is 1. The lowest BCUT2D eigenvalue weighted by atomic mass is 9.78. The number of hydrogen-bond acceptors (Lipinski definition) is 5. The van der Waals surface area contributed by atoms with Crippen molar-refractivity contribution in [1.29, 1.82) is 5.26 Å². The predicted octanol–water partition coefficient (Wildman–Crippen LogP) is 5.00. The summed E-state index contributed by atoms with van der Waals surface area (Å²) in [5, 5.41) is 29.8. The summed E-state index contributed by atoms with van der Waals surface area (Å²) in [6.07, 6.45) is 2.40. The number of rotatable bonds is 8. The lowest BCUT2D eigenvalue weighted by molar-refractivity contribution is -0.131. The van der Waals surface area contributed by atoms with Gasteiger partial charge in [-0.1, -0.05) is 32.1 Å². The molecule has 0 saturated heterocycles. The molecule has 0 spiro atoms. The van der Waals surface area contributed by atoms with Gasteiger partial charge >= 0.3 is 12.1 Å². The number of anilines is 1. The topological polar surface area (TPSA) is 120 Å². The molecule has 0 aliphatic heterocycles. The standard InChI is InChI=1S/C23H24N2O5/c1-23(2,14-4-3-5-20(27)28)21(17-8-12-19(26)13-9-17)30-22(29)25-18-10-6-16(15-24)7-11-18/h3,5-13,21,26H,4,14H2,1-2H3,(H,25,29)(H,27,28)/b5-3+/t21-/m0/s1. The summed E-state index contributed by atoms with van der Waals surface area (Å²) in [7, 11) is 0. The van der Waals surface area contributed by atoms with Gasteiger partial charge in [-0.05, 0) is 54.8 Å². The molecule has 1 atom stereocenters. The van der Waals surface area contributed by atoms with Gasteiger partial charge < -0.3 is 14.9 Å². The molecule has 2 aromatic carbocycles. The molecule has 0 heterocycles. The van der Waals surface area contributed by atoms with Crippen LogP contribution in [0.4, 0.5) is 10.5 Å². The number of nitrogens with one attached hydrogen (secondary N) is 1. The number of ether oxygens (including phenoxy) is 1. The number of aliphatic carboxylic acids is 1. The lowest BCUT2D eigenvalue weighted by Crippen LogP contribution is -2.29. The Hall–Kier alpha value is -3.79.